The molecule has 2 atom stereocenters. The molecule has 2 aliphatic rings. The van der Waals surface area contributed by atoms with Gasteiger partial charge in [0, 0.05) is 31.2 Å². The third-order valence-electron chi connectivity index (χ3n) is 5.32. The van der Waals surface area contributed by atoms with E-state index < -0.39 is 9.84 Å². The van der Waals surface area contributed by atoms with Gasteiger partial charge in [-0.3, -0.25) is 9.69 Å². The smallest absolute Gasteiger partial charge is 0.254 e. The van der Waals surface area contributed by atoms with Crippen LogP contribution in [0.4, 0.5) is 0 Å². The average Bonchev–Trinajstić information content (AvgIpc) is 3.16. The Morgan fingerprint density at radius 2 is 2.04 bits per heavy atom. The van der Waals surface area contributed by atoms with Crippen LogP contribution >= 0.6 is 0 Å². The van der Waals surface area contributed by atoms with Crippen LogP contribution in [-0.2, 0) is 9.84 Å². The van der Waals surface area contributed by atoms with Crippen LogP contribution in [0.25, 0.3) is 11.0 Å². The van der Waals surface area contributed by atoms with E-state index in [0.717, 1.165) is 17.6 Å². The van der Waals surface area contributed by atoms with Crippen LogP contribution in [0.2, 0.25) is 0 Å². The summed E-state index contributed by atoms with van der Waals surface area (Å²) in [5, 5.41) is 0. The highest BCUT2D eigenvalue weighted by atomic mass is 32.2. The molecule has 1 amide bonds. The number of hydrogen-bond donors (Lipinski definition) is 1. The van der Waals surface area contributed by atoms with E-state index in [1.807, 2.05) is 6.07 Å². The molecule has 7 nitrogen and oxygen atoms in total. The van der Waals surface area contributed by atoms with Gasteiger partial charge in [0.25, 0.3) is 5.91 Å². The first kappa shape index (κ1) is 17.5. The molecule has 26 heavy (non-hydrogen) atoms. The van der Waals surface area contributed by atoms with Crippen LogP contribution in [0.3, 0.4) is 0 Å². The first-order chi connectivity index (χ1) is 12.3. The van der Waals surface area contributed by atoms with Gasteiger partial charge < -0.3 is 9.88 Å². The Hall–Kier alpha value is -1.93. The SMILES string of the molecule is CC(C)CN1CCN(C(=O)c2ccc3nc[nH]c3c2)[C@H]2CS(=O)(=O)C[C@H]21. The fraction of sp³-hybridized carbons (Fsp3) is 0.556. The van der Waals surface area contributed by atoms with Gasteiger partial charge in [0.1, 0.15) is 0 Å². The van der Waals surface area contributed by atoms with Crippen LogP contribution in [-0.4, -0.2) is 77.3 Å². The van der Waals surface area contributed by atoms with Crippen LogP contribution in [0, 0.1) is 5.92 Å². The standard InChI is InChI=1S/C18H24N4O3S/c1-12(2)8-21-5-6-22(17-10-26(24,25)9-16(17)21)18(23)13-3-4-14-15(7-13)20-11-19-14/h3-4,7,11-12,16-17H,5-6,8-10H2,1-2H3,(H,19,20)/t16-,17+/m1/s1. The number of rotatable bonds is 3. The van der Waals surface area contributed by atoms with Crippen molar-refractivity contribution >= 4 is 26.8 Å². The summed E-state index contributed by atoms with van der Waals surface area (Å²) in [4.78, 5) is 24.3. The zero-order valence-electron chi connectivity index (χ0n) is 15.1. The van der Waals surface area contributed by atoms with Crippen molar-refractivity contribution in [3.63, 3.8) is 0 Å². The Morgan fingerprint density at radius 1 is 1.27 bits per heavy atom. The number of H-pyrrole nitrogens is 1. The molecule has 8 heteroatoms. The number of aromatic amines is 1. The third-order valence-corrected chi connectivity index (χ3v) is 7.02. The number of nitrogens with one attached hydrogen (secondary N) is 1. The van der Waals surface area contributed by atoms with Gasteiger partial charge in [-0.1, -0.05) is 13.8 Å². The number of hydrogen-bond acceptors (Lipinski definition) is 5. The molecule has 2 aromatic rings. The van der Waals surface area contributed by atoms with Crippen molar-refractivity contribution in [2.24, 2.45) is 5.92 Å². The number of piperazine rings is 1. The maximum Gasteiger partial charge on any atom is 0.254 e. The van der Waals surface area contributed by atoms with E-state index in [2.05, 4.69) is 28.7 Å². The lowest BCUT2D eigenvalue weighted by Crippen LogP contribution is -2.61. The van der Waals surface area contributed by atoms with Crippen molar-refractivity contribution in [2.45, 2.75) is 25.9 Å². The van der Waals surface area contributed by atoms with E-state index in [1.165, 1.54) is 0 Å². The normalized spacial score (nSPS) is 25.7. The monoisotopic (exact) mass is 376 g/mol. The highest BCUT2D eigenvalue weighted by Crippen LogP contribution is 2.29. The summed E-state index contributed by atoms with van der Waals surface area (Å²) >= 11 is 0. The highest BCUT2D eigenvalue weighted by molar-refractivity contribution is 7.91. The maximum absolute atomic E-state index is 13.1. The number of nitrogens with zero attached hydrogens (tertiary/aromatic N) is 3. The number of aromatic nitrogens is 2. The number of benzene rings is 1. The molecule has 2 aliphatic heterocycles. The van der Waals surface area contributed by atoms with E-state index in [0.29, 0.717) is 24.6 Å². The van der Waals surface area contributed by atoms with Crippen LogP contribution in [0.15, 0.2) is 24.5 Å². The number of imidazole rings is 1. The molecule has 0 unspecified atom stereocenters. The molecule has 2 fully saturated rings. The van der Waals surface area contributed by atoms with E-state index >= 15 is 0 Å². The molecular formula is C18H24N4O3S. The molecule has 0 spiro atoms. The summed E-state index contributed by atoms with van der Waals surface area (Å²) < 4.78 is 24.6. The molecule has 0 aliphatic carbocycles. The van der Waals surface area contributed by atoms with E-state index in [4.69, 9.17) is 0 Å². The predicted octanol–water partition coefficient (Wildman–Crippen LogP) is 1.14. The van der Waals surface area contributed by atoms with Gasteiger partial charge in [0.2, 0.25) is 0 Å². The summed E-state index contributed by atoms with van der Waals surface area (Å²) in [6, 6.07) is 5.01. The molecule has 140 valence electrons. The van der Waals surface area contributed by atoms with Crippen molar-refractivity contribution in [1.29, 1.82) is 0 Å². The number of fused-ring (bicyclic) bond motifs is 2. The Labute approximate surface area is 153 Å². The molecule has 0 saturated carbocycles. The maximum atomic E-state index is 13.1. The van der Waals surface area contributed by atoms with Crippen LogP contribution in [0.1, 0.15) is 24.2 Å². The summed E-state index contributed by atoms with van der Waals surface area (Å²) in [7, 11) is -3.12. The minimum atomic E-state index is -3.12. The van der Waals surface area contributed by atoms with Crippen molar-refractivity contribution in [3.8, 4) is 0 Å². The lowest BCUT2D eigenvalue weighted by Gasteiger charge is -2.44. The van der Waals surface area contributed by atoms with Gasteiger partial charge in [-0.2, -0.15) is 0 Å². The van der Waals surface area contributed by atoms with E-state index in [9.17, 15) is 13.2 Å². The third kappa shape index (κ3) is 3.12. The molecule has 0 bridgehead atoms. The summed E-state index contributed by atoms with van der Waals surface area (Å²) in [6.45, 7) is 6.40. The largest absolute Gasteiger partial charge is 0.345 e. The van der Waals surface area contributed by atoms with Gasteiger partial charge >= 0.3 is 0 Å². The van der Waals surface area contributed by atoms with Gasteiger partial charge in [0.15, 0.2) is 9.84 Å². The average molecular weight is 376 g/mol. The van der Waals surface area contributed by atoms with Crippen molar-refractivity contribution < 1.29 is 13.2 Å². The molecule has 3 heterocycles. The fourth-order valence-electron chi connectivity index (χ4n) is 4.21. The molecule has 1 aromatic heterocycles. The van der Waals surface area contributed by atoms with Crippen LogP contribution in [0.5, 0.6) is 0 Å². The zero-order chi connectivity index (χ0) is 18.5. The second-order valence-electron chi connectivity index (χ2n) is 7.73. The summed E-state index contributed by atoms with van der Waals surface area (Å²) in [5.74, 6) is 0.569. The number of carbonyl (C=O) groups is 1. The van der Waals surface area contributed by atoms with Gasteiger partial charge in [0.05, 0.1) is 34.9 Å². The predicted molar refractivity (Wildman–Crippen MR) is 99.8 cm³/mol. The minimum absolute atomic E-state index is 0.0598. The van der Waals surface area contributed by atoms with E-state index in [1.54, 1.807) is 23.4 Å². The first-order valence-electron chi connectivity index (χ1n) is 9.02. The van der Waals surface area contributed by atoms with Gasteiger partial charge in [-0.25, -0.2) is 13.4 Å². The summed E-state index contributed by atoms with van der Waals surface area (Å²) in [6.07, 6.45) is 1.60. The minimum Gasteiger partial charge on any atom is -0.345 e. The number of amides is 1. The van der Waals surface area contributed by atoms with Gasteiger partial charge in [-0.05, 0) is 24.1 Å². The lowest BCUT2D eigenvalue weighted by molar-refractivity contribution is 0.0297. The van der Waals surface area contributed by atoms with Crippen molar-refractivity contribution in [1.82, 2.24) is 19.8 Å². The Kier molecular flexibility index (Phi) is 4.27. The van der Waals surface area contributed by atoms with Crippen molar-refractivity contribution in [3.05, 3.63) is 30.1 Å². The Bertz CT molecular complexity index is 937. The molecule has 0 radical (unpaired) electrons. The lowest BCUT2D eigenvalue weighted by atomic mass is 10.0. The Morgan fingerprint density at radius 3 is 2.81 bits per heavy atom. The molecular weight excluding hydrogens is 352 g/mol. The second-order valence-corrected chi connectivity index (χ2v) is 9.89. The number of sulfone groups is 1. The zero-order valence-corrected chi connectivity index (χ0v) is 15.9. The Balaban J connectivity index is 1.62. The first-order valence-corrected chi connectivity index (χ1v) is 10.8. The van der Waals surface area contributed by atoms with Crippen LogP contribution < -0.4 is 0 Å². The molecule has 1 aromatic carbocycles. The van der Waals surface area contributed by atoms with E-state index in [-0.39, 0.29) is 29.5 Å². The second kappa shape index (κ2) is 6.35. The summed E-state index contributed by atoms with van der Waals surface area (Å²) in [5.41, 5.74) is 2.19. The molecule has 1 N–H and O–H groups in total. The number of carbonyl (C=O) groups excluding carboxylic acids is 1. The molecule has 4 rings (SSSR count). The topological polar surface area (TPSA) is 86.4 Å². The van der Waals surface area contributed by atoms with Gasteiger partial charge in [-0.15, -0.1) is 0 Å². The highest BCUT2D eigenvalue weighted by Gasteiger charge is 2.48. The quantitative estimate of drug-likeness (QED) is 0.868. The van der Waals surface area contributed by atoms with Crippen molar-refractivity contribution in [2.75, 3.05) is 31.1 Å². The molecule has 2 saturated heterocycles. The fourth-order valence-corrected chi connectivity index (χ4v) is 6.22.